The monoisotopic (exact) mass is 250 g/mol. The molecule has 1 saturated carbocycles. The summed E-state index contributed by atoms with van der Waals surface area (Å²) in [7, 11) is 0. The highest BCUT2D eigenvalue weighted by atomic mass is 16.4. The lowest BCUT2D eigenvalue weighted by atomic mass is 9.90. The van der Waals surface area contributed by atoms with Gasteiger partial charge in [-0.15, -0.1) is 0 Å². The largest absolute Gasteiger partial charge is 0.444 e. The molecule has 0 amide bonds. The van der Waals surface area contributed by atoms with Gasteiger partial charge in [-0.25, -0.2) is 4.98 Å². The molecule has 0 aromatic carbocycles. The predicted molar refractivity (Wildman–Crippen MR) is 73.6 cm³/mol. The molecule has 0 unspecified atom stereocenters. The molecular weight excluding hydrogens is 224 g/mol. The first-order chi connectivity index (χ1) is 8.90. The molecule has 1 aliphatic carbocycles. The number of aromatic nitrogens is 1. The van der Waals surface area contributed by atoms with Gasteiger partial charge in [-0.1, -0.05) is 39.0 Å². The van der Waals surface area contributed by atoms with Crippen LogP contribution in [0.3, 0.4) is 0 Å². The van der Waals surface area contributed by atoms with E-state index in [0.29, 0.717) is 5.92 Å². The number of hydrogen-bond acceptors (Lipinski definition) is 3. The van der Waals surface area contributed by atoms with E-state index in [1.165, 1.54) is 44.9 Å². The molecule has 3 nitrogen and oxygen atoms in total. The maximum Gasteiger partial charge on any atom is 0.208 e. The van der Waals surface area contributed by atoms with Gasteiger partial charge < -0.3 is 9.73 Å². The van der Waals surface area contributed by atoms with Crippen molar-refractivity contribution in [3.63, 3.8) is 0 Å². The first-order valence-corrected chi connectivity index (χ1v) is 7.55. The van der Waals surface area contributed by atoms with E-state index in [2.05, 4.69) is 17.2 Å². The second kappa shape index (κ2) is 7.57. The van der Waals surface area contributed by atoms with Crippen LogP contribution in [-0.4, -0.2) is 11.5 Å². The van der Waals surface area contributed by atoms with Gasteiger partial charge in [0.05, 0.1) is 12.7 Å². The van der Waals surface area contributed by atoms with Crippen molar-refractivity contribution in [3.8, 4) is 0 Å². The summed E-state index contributed by atoms with van der Waals surface area (Å²) in [5.74, 6) is 2.57. The second-order valence-corrected chi connectivity index (χ2v) is 5.38. The minimum atomic E-state index is 0.609. The highest BCUT2D eigenvalue weighted by molar-refractivity contribution is 5.02. The first-order valence-electron chi connectivity index (χ1n) is 7.55. The molecule has 0 spiro atoms. The summed E-state index contributed by atoms with van der Waals surface area (Å²) in [6, 6.07) is 0. The standard InChI is InChI=1S/C15H26N2O/c1-2-10-16-12-15-17-11-14(18-15)13-8-6-4-3-5-7-9-13/h11,13,16H,2-10,12H2,1H3. The van der Waals surface area contributed by atoms with E-state index in [4.69, 9.17) is 4.42 Å². The Morgan fingerprint density at radius 1 is 1.22 bits per heavy atom. The Bertz CT molecular complexity index is 327. The Hall–Kier alpha value is -0.830. The highest BCUT2D eigenvalue weighted by Crippen LogP contribution is 2.31. The maximum atomic E-state index is 5.89. The molecule has 1 aromatic heterocycles. The van der Waals surface area contributed by atoms with Gasteiger partial charge in [-0.2, -0.15) is 0 Å². The fraction of sp³-hybridized carbons (Fsp3) is 0.800. The van der Waals surface area contributed by atoms with E-state index >= 15 is 0 Å². The van der Waals surface area contributed by atoms with E-state index in [9.17, 15) is 0 Å². The Balaban J connectivity index is 1.86. The van der Waals surface area contributed by atoms with Gasteiger partial charge in [0.1, 0.15) is 5.76 Å². The van der Waals surface area contributed by atoms with Gasteiger partial charge >= 0.3 is 0 Å². The molecule has 1 fully saturated rings. The number of hydrogen-bond donors (Lipinski definition) is 1. The molecule has 0 aliphatic heterocycles. The van der Waals surface area contributed by atoms with E-state index < -0.39 is 0 Å². The molecular formula is C15H26N2O. The van der Waals surface area contributed by atoms with Crippen LogP contribution in [0.15, 0.2) is 10.6 Å². The quantitative estimate of drug-likeness (QED) is 0.803. The lowest BCUT2D eigenvalue weighted by molar-refractivity contribution is 0.366. The summed E-state index contributed by atoms with van der Waals surface area (Å²) in [5.41, 5.74) is 0. The Morgan fingerprint density at radius 2 is 1.94 bits per heavy atom. The Labute approximate surface area is 110 Å². The number of nitrogens with one attached hydrogen (secondary N) is 1. The molecule has 1 N–H and O–H groups in total. The van der Waals surface area contributed by atoms with Gasteiger partial charge in [0.25, 0.3) is 0 Å². The number of rotatable bonds is 5. The van der Waals surface area contributed by atoms with E-state index in [1.54, 1.807) is 0 Å². The topological polar surface area (TPSA) is 38.1 Å². The summed E-state index contributed by atoms with van der Waals surface area (Å²) in [6.07, 6.45) is 12.5. The molecule has 0 atom stereocenters. The third-order valence-corrected chi connectivity index (χ3v) is 3.78. The average Bonchev–Trinajstić information content (AvgIpc) is 2.78. The SMILES string of the molecule is CCCNCc1ncc(C2CCCCCCC2)o1. The van der Waals surface area contributed by atoms with Gasteiger partial charge in [0.15, 0.2) is 0 Å². The Kier molecular flexibility index (Phi) is 5.72. The van der Waals surface area contributed by atoms with Crippen LogP contribution in [0.5, 0.6) is 0 Å². The zero-order valence-electron chi connectivity index (χ0n) is 11.6. The van der Waals surface area contributed by atoms with E-state index in [0.717, 1.165) is 31.2 Å². The fourth-order valence-corrected chi connectivity index (χ4v) is 2.71. The Morgan fingerprint density at radius 3 is 2.67 bits per heavy atom. The lowest BCUT2D eigenvalue weighted by Gasteiger charge is -2.16. The smallest absolute Gasteiger partial charge is 0.208 e. The lowest BCUT2D eigenvalue weighted by Crippen LogP contribution is -2.13. The molecule has 0 saturated heterocycles. The van der Waals surface area contributed by atoms with Crippen molar-refractivity contribution in [3.05, 3.63) is 17.8 Å². The first kappa shape index (κ1) is 13.6. The zero-order valence-corrected chi connectivity index (χ0v) is 11.6. The van der Waals surface area contributed by atoms with Crippen molar-refractivity contribution in [1.29, 1.82) is 0 Å². The van der Waals surface area contributed by atoms with Crippen LogP contribution < -0.4 is 5.32 Å². The van der Waals surface area contributed by atoms with Crippen LogP contribution in [0.4, 0.5) is 0 Å². The minimum absolute atomic E-state index is 0.609. The molecule has 1 heterocycles. The fourth-order valence-electron chi connectivity index (χ4n) is 2.71. The van der Waals surface area contributed by atoms with Crippen molar-refractivity contribution >= 4 is 0 Å². The second-order valence-electron chi connectivity index (χ2n) is 5.38. The number of oxazole rings is 1. The van der Waals surface area contributed by atoms with Crippen molar-refractivity contribution in [2.75, 3.05) is 6.54 Å². The number of nitrogens with zero attached hydrogens (tertiary/aromatic N) is 1. The van der Waals surface area contributed by atoms with Crippen LogP contribution in [0, 0.1) is 0 Å². The van der Waals surface area contributed by atoms with Gasteiger partial charge in [0, 0.05) is 5.92 Å². The van der Waals surface area contributed by atoms with Crippen LogP contribution in [0.25, 0.3) is 0 Å². The summed E-state index contributed by atoms with van der Waals surface area (Å²) in [6.45, 7) is 3.96. The molecule has 0 bridgehead atoms. The van der Waals surface area contributed by atoms with Crippen molar-refractivity contribution in [2.45, 2.75) is 70.8 Å². The van der Waals surface area contributed by atoms with Crippen LogP contribution >= 0.6 is 0 Å². The molecule has 102 valence electrons. The average molecular weight is 250 g/mol. The van der Waals surface area contributed by atoms with Gasteiger partial charge in [-0.05, 0) is 25.8 Å². The summed E-state index contributed by atoms with van der Waals surface area (Å²) < 4.78 is 5.89. The molecule has 1 aromatic rings. The van der Waals surface area contributed by atoms with Crippen molar-refractivity contribution in [1.82, 2.24) is 10.3 Å². The minimum Gasteiger partial charge on any atom is -0.444 e. The van der Waals surface area contributed by atoms with E-state index in [-0.39, 0.29) is 0 Å². The molecule has 2 rings (SSSR count). The molecule has 3 heteroatoms. The van der Waals surface area contributed by atoms with E-state index in [1.807, 2.05) is 6.20 Å². The van der Waals surface area contributed by atoms with Crippen molar-refractivity contribution < 1.29 is 4.42 Å². The summed E-state index contributed by atoms with van der Waals surface area (Å²) in [4.78, 5) is 4.39. The molecule has 0 radical (unpaired) electrons. The van der Waals surface area contributed by atoms with Crippen LogP contribution in [-0.2, 0) is 6.54 Å². The zero-order chi connectivity index (χ0) is 12.6. The normalized spacial score (nSPS) is 18.5. The molecule has 1 aliphatic rings. The van der Waals surface area contributed by atoms with Crippen LogP contribution in [0.2, 0.25) is 0 Å². The third-order valence-electron chi connectivity index (χ3n) is 3.78. The van der Waals surface area contributed by atoms with Crippen LogP contribution in [0.1, 0.15) is 75.9 Å². The van der Waals surface area contributed by atoms with Gasteiger partial charge in [0.2, 0.25) is 5.89 Å². The highest BCUT2D eigenvalue weighted by Gasteiger charge is 2.17. The summed E-state index contributed by atoms with van der Waals surface area (Å²) >= 11 is 0. The third kappa shape index (κ3) is 4.13. The van der Waals surface area contributed by atoms with Gasteiger partial charge in [-0.3, -0.25) is 0 Å². The van der Waals surface area contributed by atoms with Crippen molar-refractivity contribution in [2.24, 2.45) is 0 Å². The molecule has 18 heavy (non-hydrogen) atoms. The predicted octanol–water partition coefficient (Wildman–Crippen LogP) is 4.00. The maximum absolute atomic E-state index is 5.89. The summed E-state index contributed by atoms with van der Waals surface area (Å²) in [5, 5.41) is 3.33.